The maximum Gasteiger partial charge on any atom is 0.354 e. The molecular weight excluding hydrogens is 376 g/mol. The summed E-state index contributed by atoms with van der Waals surface area (Å²) in [7, 11) is 2.00. The Bertz CT molecular complexity index is 996. The minimum absolute atomic E-state index is 0.000913. The first-order valence-electron chi connectivity index (χ1n) is 10.4. The van der Waals surface area contributed by atoms with Gasteiger partial charge in [-0.05, 0) is 60.7 Å². The molecule has 6 nitrogen and oxygen atoms in total. The Kier molecular flexibility index (Phi) is 5.93. The molecule has 1 fully saturated rings. The van der Waals surface area contributed by atoms with Gasteiger partial charge in [-0.15, -0.1) is 0 Å². The van der Waals surface area contributed by atoms with E-state index in [1.165, 1.54) is 43.7 Å². The van der Waals surface area contributed by atoms with Crippen molar-refractivity contribution in [3.05, 3.63) is 72.1 Å². The lowest BCUT2D eigenvalue weighted by Gasteiger charge is -2.23. The van der Waals surface area contributed by atoms with E-state index in [2.05, 4.69) is 44.5 Å². The van der Waals surface area contributed by atoms with Gasteiger partial charge in [0.2, 0.25) is 0 Å². The molecule has 1 aliphatic carbocycles. The molecule has 4 rings (SSSR count). The van der Waals surface area contributed by atoms with Gasteiger partial charge < -0.3 is 15.3 Å². The number of carboxylic acids is 1. The molecule has 0 radical (unpaired) electrons. The van der Waals surface area contributed by atoms with Crippen LogP contribution in [0.1, 0.15) is 54.1 Å². The fraction of sp³-hybridized carbons (Fsp3) is 0.292. The fourth-order valence-electron chi connectivity index (χ4n) is 3.97. The number of hydrogen-bond acceptors (Lipinski definition) is 5. The van der Waals surface area contributed by atoms with Gasteiger partial charge in [0, 0.05) is 12.7 Å². The summed E-state index contributed by atoms with van der Waals surface area (Å²) in [6, 6.07) is 17.5. The number of aromatic nitrogens is 2. The molecule has 0 aliphatic heterocycles. The van der Waals surface area contributed by atoms with Crippen LogP contribution in [0, 0.1) is 0 Å². The third-order valence-corrected chi connectivity index (χ3v) is 5.69. The average molecular weight is 402 g/mol. The van der Waals surface area contributed by atoms with Gasteiger partial charge in [-0.1, -0.05) is 37.5 Å². The minimum Gasteiger partial charge on any atom is -0.477 e. The highest BCUT2D eigenvalue weighted by molar-refractivity contribution is 5.85. The Balaban J connectivity index is 1.43. The van der Waals surface area contributed by atoms with Gasteiger partial charge in [-0.25, -0.2) is 14.8 Å². The summed E-state index contributed by atoms with van der Waals surface area (Å²) in [6.45, 7) is 0. The van der Waals surface area contributed by atoms with Gasteiger partial charge in [-0.2, -0.15) is 0 Å². The number of hydrogen-bond donors (Lipinski definition) is 2. The first-order valence-corrected chi connectivity index (χ1v) is 10.4. The van der Waals surface area contributed by atoms with E-state index in [0.717, 1.165) is 17.2 Å². The van der Waals surface area contributed by atoms with Gasteiger partial charge in [-0.3, -0.25) is 0 Å². The topological polar surface area (TPSA) is 78.4 Å². The highest BCUT2D eigenvalue weighted by Crippen LogP contribution is 2.34. The lowest BCUT2D eigenvalue weighted by Crippen LogP contribution is -2.11. The molecule has 2 heterocycles. The van der Waals surface area contributed by atoms with E-state index in [4.69, 9.17) is 5.11 Å². The molecule has 1 saturated carbocycles. The van der Waals surface area contributed by atoms with Crippen LogP contribution in [0.5, 0.6) is 0 Å². The summed E-state index contributed by atoms with van der Waals surface area (Å²) in [5.41, 5.74) is 3.28. The molecule has 0 saturated heterocycles. The molecule has 2 N–H and O–H groups in total. The Morgan fingerprint density at radius 3 is 2.47 bits per heavy atom. The molecule has 0 spiro atoms. The second-order valence-corrected chi connectivity index (χ2v) is 7.73. The number of rotatable bonds is 6. The number of nitrogens with zero attached hydrogens (tertiary/aromatic N) is 3. The summed E-state index contributed by atoms with van der Waals surface area (Å²) in [4.78, 5) is 21.7. The molecule has 0 atom stereocenters. The van der Waals surface area contributed by atoms with E-state index < -0.39 is 5.97 Å². The normalized spacial score (nSPS) is 14.3. The summed E-state index contributed by atoms with van der Waals surface area (Å²) < 4.78 is 0. The maximum atomic E-state index is 11.1. The summed E-state index contributed by atoms with van der Waals surface area (Å²) in [5, 5.41) is 12.2. The molecule has 1 aliphatic rings. The molecule has 154 valence electrons. The standard InChI is InChI=1S/C24H26N4O2/c1-28(20-13-10-18(11-14-20)17-6-3-2-4-7-17)23-15-12-19(16-25-23)26-22-9-5-8-21(27-22)24(29)30/h5,8-17H,2-4,6-7H2,1H3,(H,26,27)(H,29,30). The van der Waals surface area contributed by atoms with Crippen LogP contribution in [0.4, 0.5) is 23.0 Å². The molecular formula is C24H26N4O2. The lowest BCUT2D eigenvalue weighted by molar-refractivity contribution is 0.0690. The predicted molar refractivity (Wildman–Crippen MR) is 119 cm³/mol. The largest absolute Gasteiger partial charge is 0.477 e. The predicted octanol–water partition coefficient (Wildman–Crippen LogP) is 5.73. The van der Waals surface area contributed by atoms with E-state index in [0.29, 0.717) is 11.7 Å². The highest BCUT2D eigenvalue weighted by atomic mass is 16.4. The van der Waals surface area contributed by atoms with Crippen LogP contribution in [-0.2, 0) is 0 Å². The van der Waals surface area contributed by atoms with Gasteiger partial charge in [0.05, 0.1) is 11.9 Å². The molecule has 30 heavy (non-hydrogen) atoms. The second-order valence-electron chi connectivity index (χ2n) is 7.73. The van der Waals surface area contributed by atoms with Crippen LogP contribution >= 0.6 is 0 Å². The number of benzene rings is 1. The van der Waals surface area contributed by atoms with E-state index in [9.17, 15) is 4.79 Å². The van der Waals surface area contributed by atoms with Crippen molar-refractivity contribution in [3.63, 3.8) is 0 Å². The molecule has 3 aromatic rings. The average Bonchev–Trinajstić information content (AvgIpc) is 2.80. The Morgan fingerprint density at radius 2 is 1.80 bits per heavy atom. The van der Waals surface area contributed by atoms with Crippen molar-refractivity contribution < 1.29 is 9.90 Å². The SMILES string of the molecule is CN(c1ccc(C2CCCCC2)cc1)c1ccc(Nc2cccc(C(=O)O)n2)cn1. The van der Waals surface area contributed by atoms with Gasteiger partial charge >= 0.3 is 5.97 Å². The van der Waals surface area contributed by atoms with Crippen molar-refractivity contribution >= 4 is 29.0 Å². The summed E-state index contributed by atoms with van der Waals surface area (Å²) in [6.07, 6.45) is 8.37. The Morgan fingerprint density at radius 1 is 1.03 bits per heavy atom. The monoisotopic (exact) mass is 402 g/mol. The van der Waals surface area contributed by atoms with E-state index in [1.807, 2.05) is 19.2 Å². The number of carboxylic acid groups (broad SMARTS) is 1. The van der Waals surface area contributed by atoms with Crippen LogP contribution < -0.4 is 10.2 Å². The van der Waals surface area contributed by atoms with E-state index in [-0.39, 0.29) is 5.69 Å². The molecule has 0 bridgehead atoms. The lowest BCUT2D eigenvalue weighted by atomic mass is 9.84. The van der Waals surface area contributed by atoms with Crippen molar-refractivity contribution in [2.24, 2.45) is 0 Å². The fourth-order valence-corrected chi connectivity index (χ4v) is 3.97. The molecule has 1 aromatic carbocycles. The van der Waals surface area contributed by atoms with Gasteiger partial charge in [0.25, 0.3) is 0 Å². The third kappa shape index (κ3) is 4.59. The third-order valence-electron chi connectivity index (χ3n) is 5.69. The Hall–Kier alpha value is -3.41. The van der Waals surface area contributed by atoms with Crippen molar-refractivity contribution in [3.8, 4) is 0 Å². The minimum atomic E-state index is -1.05. The highest BCUT2D eigenvalue weighted by Gasteiger charge is 2.15. The number of pyridine rings is 2. The molecule has 0 amide bonds. The number of aromatic carboxylic acids is 1. The zero-order chi connectivity index (χ0) is 20.9. The zero-order valence-corrected chi connectivity index (χ0v) is 17.1. The van der Waals surface area contributed by atoms with Crippen LogP contribution in [0.15, 0.2) is 60.8 Å². The van der Waals surface area contributed by atoms with E-state index >= 15 is 0 Å². The number of anilines is 4. The quantitative estimate of drug-likeness (QED) is 0.548. The first kappa shape index (κ1) is 19.9. The van der Waals surface area contributed by atoms with Crippen molar-refractivity contribution in [2.75, 3.05) is 17.3 Å². The Labute approximate surface area is 176 Å². The maximum absolute atomic E-state index is 11.1. The second kappa shape index (κ2) is 8.95. The van der Waals surface area contributed by atoms with Crippen molar-refractivity contribution in [1.82, 2.24) is 9.97 Å². The van der Waals surface area contributed by atoms with Crippen LogP contribution in [0.25, 0.3) is 0 Å². The zero-order valence-electron chi connectivity index (χ0n) is 17.1. The smallest absolute Gasteiger partial charge is 0.354 e. The van der Waals surface area contributed by atoms with E-state index in [1.54, 1.807) is 18.3 Å². The number of carbonyl (C=O) groups is 1. The van der Waals surface area contributed by atoms with Crippen LogP contribution in [0.2, 0.25) is 0 Å². The van der Waals surface area contributed by atoms with Crippen molar-refractivity contribution in [1.29, 1.82) is 0 Å². The molecule has 6 heteroatoms. The van der Waals surface area contributed by atoms with Gasteiger partial charge in [0.15, 0.2) is 5.69 Å². The summed E-state index contributed by atoms with van der Waals surface area (Å²) >= 11 is 0. The summed E-state index contributed by atoms with van der Waals surface area (Å²) in [5.74, 6) is 0.951. The van der Waals surface area contributed by atoms with Gasteiger partial charge in [0.1, 0.15) is 11.6 Å². The molecule has 2 aromatic heterocycles. The first-order chi connectivity index (χ1) is 14.6. The van der Waals surface area contributed by atoms with Crippen molar-refractivity contribution in [2.45, 2.75) is 38.0 Å². The van der Waals surface area contributed by atoms with Crippen LogP contribution in [0.3, 0.4) is 0 Å². The van der Waals surface area contributed by atoms with Crippen LogP contribution in [-0.4, -0.2) is 28.1 Å². The number of nitrogens with one attached hydrogen (secondary N) is 1. The molecule has 0 unspecified atom stereocenters.